The summed E-state index contributed by atoms with van der Waals surface area (Å²) in [6.07, 6.45) is 0.881. The molecule has 1 amide bonds. The second-order valence-electron chi connectivity index (χ2n) is 6.18. The largest absolute Gasteiger partial charge is 0.490 e. The fraction of sp³-hybridized carbons (Fsp3) is 0.350. The average molecular weight is 357 g/mol. The van der Waals surface area contributed by atoms with Gasteiger partial charge in [-0.15, -0.1) is 11.8 Å². The Balaban J connectivity index is 1.68. The van der Waals surface area contributed by atoms with Crippen LogP contribution in [0.3, 0.4) is 0 Å². The predicted octanol–water partition coefficient (Wildman–Crippen LogP) is 4.58. The van der Waals surface area contributed by atoms with E-state index in [0.29, 0.717) is 13.2 Å². The van der Waals surface area contributed by atoms with Crippen LogP contribution in [-0.4, -0.2) is 24.4 Å². The molecule has 0 radical (unpaired) electrons. The molecule has 1 N–H and O–H groups in total. The molecule has 0 spiro atoms. The Morgan fingerprint density at radius 1 is 1.08 bits per heavy atom. The van der Waals surface area contributed by atoms with E-state index in [-0.39, 0.29) is 11.2 Å². The topological polar surface area (TPSA) is 47.6 Å². The number of amides is 1. The Morgan fingerprint density at radius 3 is 2.48 bits per heavy atom. The molecule has 2 aromatic rings. The van der Waals surface area contributed by atoms with E-state index < -0.39 is 0 Å². The van der Waals surface area contributed by atoms with Crippen molar-refractivity contribution in [3.63, 3.8) is 0 Å². The molecule has 2 aromatic carbocycles. The van der Waals surface area contributed by atoms with Crippen molar-refractivity contribution in [2.24, 2.45) is 0 Å². The molecule has 132 valence electrons. The number of ether oxygens (including phenoxy) is 2. The first-order valence-corrected chi connectivity index (χ1v) is 9.36. The van der Waals surface area contributed by atoms with Crippen molar-refractivity contribution in [1.82, 2.24) is 0 Å². The van der Waals surface area contributed by atoms with Crippen molar-refractivity contribution in [3.05, 3.63) is 47.5 Å². The van der Waals surface area contributed by atoms with Crippen LogP contribution in [0, 0.1) is 13.8 Å². The summed E-state index contributed by atoms with van der Waals surface area (Å²) >= 11 is 1.51. The molecule has 0 saturated carbocycles. The summed E-state index contributed by atoms with van der Waals surface area (Å²) in [5.74, 6) is 1.52. The highest BCUT2D eigenvalue weighted by atomic mass is 32.2. The number of benzene rings is 2. The number of aryl methyl sites for hydroxylation is 2. The molecular formula is C20H23NO3S. The molecule has 0 saturated heterocycles. The van der Waals surface area contributed by atoms with Gasteiger partial charge in [0.1, 0.15) is 0 Å². The highest BCUT2D eigenvalue weighted by Crippen LogP contribution is 2.35. The van der Waals surface area contributed by atoms with Crippen molar-refractivity contribution >= 4 is 23.4 Å². The van der Waals surface area contributed by atoms with Gasteiger partial charge < -0.3 is 14.8 Å². The number of hydrogen-bond acceptors (Lipinski definition) is 4. The summed E-state index contributed by atoms with van der Waals surface area (Å²) in [5, 5.41) is 2.84. The van der Waals surface area contributed by atoms with Crippen molar-refractivity contribution in [2.45, 2.75) is 37.3 Å². The number of carbonyl (C=O) groups excluding carboxylic acids is 1. The molecule has 0 bridgehead atoms. The Morgan fingerprint density at radius 2 is 1.76 bits per heavy atom. The first-order valence-electron chi connectivity index (χ1n) is 8.48. The van der Waals surface area contributed by atoms with Crippen LogP contribution in [0.5, 0.6) is 11.5 Å². The van der Waals surface area contributed by atoms with Crippen LogP contribution in [-0.2, 0) is 4.79 Å². The summed E-state index contributed by atoms with van der Waals surface area (Å²) in [5.41, 5.74) is 3.04. The fourth-order valence-electron chi connectivity index (χ4n) is 2.71. The maximum atomic E-state index is 12.6. The first kappa shape index (κ1) is 17.7. The van der Waals surface area contributed by atoms with Gasteiger partial charge in [0.2, 0.25) is 5.91 Å². The lowest BCUT2D eigenvalue weighted by Crippen LogP contribution is -2.23. The SMILES string of the molecule is Cc1cccc(C)c1NC(=O)[C@H](C)Sc1ccc2c(c1)OCCCO2. The Bertz CT molecular complexity index is 755. The third-order valence-corrected chi connectivity index (χ3v) is 5.22. The number of nitrogens with one attached hydrogen (secondary N) is 1. The maximum absolute atomic E-state index is 12.6. The molecule has 1 atom stereocenters. The van der Waals surface area contributed by atoms with Gasteiger partial charge in [0.05, 0.1) is 18.5 Å². The lowest BCUT2D eigenvalue weighted by Gasteiger charge is -2.16. The van der Waals surface area contributed by atoms with E-state index in [1.165, 1.54) is 11.8 Å². The van der Waals surface area contributed by atoms with Gasteiger partial charge >= 0.3 is 0 Å². The van der Waals surface area contributed by atoms with Crippen LogP contribution >= 0.6 is 11.8 Å². The Labute approximate surface area is 152 Å². The fourth-order valence-corrected chi connectivity index (χ4v) is 3.61. The number of rotatable bonds is 4. The van der Waals surface area contributed by atoms with E-state index in [9.17, 15) is 4.79 Å². The normalized spacial score (nSPS) is 14.5. The maximum Gasteiger partial charge on any atom is 0.237 e. The number of carbonyl (C=O) groups is 1. The molecule has 4 nitrogen and oxygen atoms in total. The minimum atomic E-state index is -0.219. The minimum absolute atomic E-state index is 0.00508. The lowest BCUT2D eigenvalue weighted by molar-refractivity contribution is -0.115. The third-order valence-electron chi connectivity index (χ3n) is 4.13. The van der Waals surface area contributed by atoms with Gasteiger partial charge in [-0.25, -0.2) is 0 Å². The number of hydrogen-bond donors (Lipinski definition) is 1. The summed E-state index contributed by atoms with van der Waals surface area (Å²) in [6, 6.07) is 11.8. The number of para-hydroxylation sites is 1. The summed E-state index contributed by atoms with van der Waals surface area (Å²) in [6.45, 7) is 7.25. The molecule has 0 aromatic heterocycles. The van der Waals surface area contributed by atoms with Crippen LogP contribution in [0.15, 0.2) is 41.3 Å². The lowest BCUT2D eigenvalue weighted by atomic mass is 10.1. The molecular weight excluding hydrogens is 334 g/mol. The van der Waals surface area contributed by atoms with Crippen molar-refractivity contribution in [3.8, 4) is 11.5 Å². The second kappa shape index (κ2) is 7.83. The highest BCUT2D eigenvalue weighted by molar-refractivity contribution is 8.00. The number of anilines is 1. The van der Waals surface area contributed by atoms with Gasteiger partial charge in [-0.2, -0.15) is 0 Å². The van der Waals surface area contributed by atoms with Gasteiger partial charge in [-0.05, 0) is 50.1 Å². The van der Waals surface area contributed by atoms with E-state index >= 15 is 0 Å². The van der Waals surface area contributed by atoms with Crippen LogP contribution in [0.4, 0.5) is 5.69 Å². The quantitative estimate of drug-likeness (QED) is 0.814. The van der Waals surface area contributed by atoms with E-state index in [4.69, 9.17) is 9.47 Å². The molecule has 0 aliphatic carbocycles. The van der Waals surface area contributed by atoms with E-state index in [0.717, 1.165) is 39.6 Å². The van der Waals surface area contributed by atoms with E-state index in [2.05, 4.69) is 5.32 Å². The Kier molecular flexibility index (Phi) is 5.53. The van der Waals surface area contributed by atoms with Gasteiger partial charge in [0.15, 0.2) is 11.5 Å². The van der Waals surface area contributed by atoms with Crippen LogP contribution in [0.25, 0.3) is 0 Å². The zero-order valence-electron chi connectivity index (χ0n) is 14.8. The molecule has 5 heteroatoms. The minimum Gasteiger partial charge on any atom is -0.490 e. The molecule has 0 fully saturated rings. The summed E-state index contributed by atoms with van der Waals surface area (Å²) in [7, 11) is 0. The van der Waals surface area contributed by atoms with Crippen molar-refractivity contribution in [2.75, 3.05) is 18.5 Å². The molecule has 25 heavy (non-hydrogen) atoms. The summed E-state index contributed by atoms with van der Waals surface area (Å²) < 4.78 is 11.4. The van der Waals surface area contributed by atoms with Crippen LogP contribution < -0.4 is 14.8 Å². The average Bonchev–Trinajstić information content (AvgIpc) is 2.83. The van der Waals surface area contributed by atoms with Gasteiger partial charge in [0, 0.05) is 17.0 Å². The van der Waals surface area contributed by atoms with E-state index in [1.807, 2.05) is 57.2 Å². The first-order chi connectivity index (χ1) is 12.0. The highest BCUT2D eigenvalue weighted by Gasteiger charge is 2.18. The van der Waals surface area contributed by atoms with Crippen molar-refractivity contribution < 1.29 is 14.3 Å². The monoisotopic (exact) mass is 357 g/mol. The molecule has 1 aliphatic heterocycles. The van der Waals surface area contributed by atoms with Crippen LogP contribution in [0.1, 0.15) is 24.5 Å². The van der Waals surface area contributed by atoms with Crippen LogP contribution in [0.2, 0.25) is 0 Å². The zero-order valence-corrected chi connectivity index (χ0v) is 15.6. The van der Waals surface area contributed by atoms with Gasteiger partial charge in [-0.3, -0.25) is 4.79 Å². The molecule has 0 unspecified atom stereocenters. The number of thioether (sulfide) groups is 1. The van der Waals surface area contributed by atoms with E-state index in [1.54, 1.807) is 0 Å². The molecule has 1 heterocycles. The van der Waals surface area contributed by atoms with Gasteiger partial charge in [-0.1, -0.05) is 18.2 Å². The second-order valence-corrected chi connectivity index (χ2v) is 7.59. The molecule has 3 rings (SSSR count). The number of fused-ring (bicyclic) bond motifs is 1. The zero-order chi connectivity index (χ0) is 17.8. The third kappa shape index (κ3) is 4.28. The Hall–Kier alpha value is -2.14. The smallest absolute Gasteiger partial charge is 0.237 e. The van der Waals surface area contributed by atoms with Gasteiger partial charge in [0.25, 0.3) is 0 Å². The standard InChI is InChI=1S/C20H23NO3S/c1-13-6-4-7-14(2)19(13)21-20(22)15(3)25-16-8-9-17-18(12-16)24-11-5-10-23-17/h4,6-9,12,15H,5,10-11H2,1-3H3,(H,21,22)/t15-/m0/s1. The molecule has 1 aliphatic rings. The summed E-state index contributed by atoms with van der Waals surface area (Å²) in [4.78, 5) is 13.6. The van der Waals surface area contributed by atoms with Crippen molar-refractivity contribution in [1.29, 1.82) is 0 Å². The predicted molar refractivity (Wildman–Crippen MR) is 102 cm³/mol.